The maximum atomic E-state index is 12.4. The summed E-state index contributed by atoms with van der Waals surface area (Å²) in [6.07, 6.45) is -1.76. The molecular formula is C11H7F3N4. The van der Waals surface area contributed by atoms with Gasteiger partial charge in [0.25, 0.3) is 0 Å². The molecule has 0 saturated carbocycles. The molecule has 0 amide bonds. The molecule has 0 fully saturated rings. The second kappa shape index (κ2) is 3.59. The van der Waals surface area contributed by atoms with Gasteiger partial charge in [-0.1, -0.05) is 6.07 Å². The number of halogens is 3. The Morgan fingerprint density at radius 2 is 1.94 bits per heavy atom. The molecule has 3 rings (SSSR count). The van der Waals surface area contributed by atoms with Crippen LogP contribution >= 0.6 is 0 Å². The third kappa shape index (κ3) is 1.73. The third-order valence-electron chi connectivity index (χ3n) is 2.58. The molecular weight excluding hydrogens is 245 g/mol. The molecule has 0 unspecified atom stereocenters. The van der Waals surface area contributed by atoms with Crippen molar-refractivity contribution in [3.8, 4) is 11.3 Å². The highest BCUT2D eigenvalue weighted by Gasteiger charge is 2.34. The van der Waals surface area contributed by atoms with Crippen molar-refractivity contribution >= 4 is 11.0 Å². The summed E-state index contributed by atoms with van der Waals surface area (Å²) in [4.78, 5) is 12.5. The molecule has 4 nitrogen and oxygen atoms in total. The van der Waals surface area contributed by atoms with Crippen LogP contribution in [0.5, 0.6) is 0 Å². The lowest BCUT2D eigenvalue weighted by Gasteiger charge is -2.01. The highest BCUT2D eigenvalue weighted by atomic mass is 19.4. The van der Waals surface area contributed by atoms with Crippen LogP contribution in [-0.2, 0) is 6.18 Å². The van der Waals surface area contributed by atoms with Gasteiger partial charge in [0, 0.05) is 5.56 Å². The lowest BCUT2D eigenvalue weighted by atomic mass is 10.1. The van der Waals surface area contributed by atoms with Crippen LogP contribution in [0.2, 0.25) is 0 Å². The van der Waals surface area contributed by atoms with Gasteiger partial charge in [0.15, 0.2) is 0 Å². The molecule has 1 aromatic carbocycles. The second-order valence-electron chi connectivity index (χ2n) is 3.78. The summed E-state index contributed by atoms with van der Waals surface area (Å²) in [7, 11) is 0. The molecule has 0 bridgehead atoms. The van der Waals surface area contributed by atoms with E-state index in [-0.39, 0.29) is 0 Å². The van der Waals surface area contributed by atoms with Crippen LogP contribution in [0, 0.1) is 0 Å². The van der Waals surface area contributed by atoms with Crippen molar-refractivity contribution in [2.75, 3.05) is 0 Å². The fourth-order valence-electron chi connectivity index (χ4n) is 1.72. The lowest BCUT2D eigenvalue weighted by Crippen LogP contribution is -2.07. The Hall–Kier alpha value is -2.31. The SMILES string of the molecule is FC(F)(F)c1ncc(-c2ccc3nc[nH]c3c2)[nH]1. The topological polar surface area (TPSA) is 57.4 Å². The monoisotopic (exact) mass is 252 g/mol. The Morgan fingerprint density at radius 1 is 1.11 bits per heavy atom. The smallest absolute Gasteiger partial charge is 0.345 e. The molecule has 0 atom stereocenters. The first-order valence-electron chi connectivity index (χ1n) is 5.10. The Labute approximate surface area is 98.9 Å². The van der Waals surface area contributed by atoms with Gasteiger partial charge in [-0.25, -0.2) is 9.97 Å². The van der Waals surface area contributed by atoms with E-state index < -0.39 is 12.0 Å². The van der Waals surface area contributed by atoms with Crippen molar-refractivity contribution in [1.29, 1.82) is 0 Å². The first kappa shape index (κ1) is 10.8. The molecule has 0 aliphatic rings. The number of imidazole rings is 2. The van der Waals surface area contributed by atoms with Crippen molar-refractivity contribution in [3.05, 3.63) is 36.5 Å². The number of alkyl halides is 3. The Kier molecular flexibility index (Phi) is 2.16. The van der Waals surface area contributed by atoms with Crippen LogP contribution in [0.1, 0.15) is 5.82 Å². The minimum Gasteiger partial charge on any atom is -0.345 e. The van der Waals surface area contributed by atoms with Crippen LogP contribution in [0.3, 0.4) is 0 Å². The van der Waals surface area contributed by atoms with E-state index in [0.717, 1.165) is 11.0 Å². The number of rotatable bonds is 1. The van der Waals surface area contributed by atoms with E-state index in [9.17, 15) is 13.2 Å². The van der Waals surface area contributed by atoms with Crippen molar-refractivity contribution in [2.24, 2.45) is 0 Å². The molecule has 0 aliphatic heterocycles. The number of hydrogen-bond acceptors (Lipinski definition) is 2. The summed E-state index contributed by atoms with van der Waals surface area (Å²) in [6, 6.07) is 5.14. The fourth-order valence-corrected chi connectivity index (χ4v) is 1.72. The van der Waals surface area contributed by atoms with Crippen LogP contribution < -0.4 is 0 Å². The summed E-state index contributed by atoms with van der Waals surface area (Å²) >= 11 is 0. The first-order valence-corrected chi connectivity index (χ1v) is 5.10. The Morgan fingerprint density at radius 3 is 2.67 bits per heavy atom. The maximum absolute atomic E-state index is 12.4. The molecule has 0 radical (unpaired) electrons. The summed E-state index contributed by atoms with van der Waals surface area (Å²) < 4.78 is 37.2. The molecule has 3 aromatic rings. The molecule has 0 aliphatic carbocycles. The Bertz CT molecular complexity index is 695. The minimum atomic E-state index is -4.46. The zero-order valence-corrected chi connectivity index (χ0v) is 8.92. The van der Waals surface area contributed by atoms with Crippen molar-refractivity contribution in [2.45, 2.75) is 6.18 Å². The number of nitrogens with one attached hydrogen (secondary N) is 2. The lowest BCUT2D eigenvalue weighted by molar-refractivity contribution is -0.144. The van der Waals surface area contributed by atoms with Crippen molar-refractivity contribution < 1.29 is 13.2 Å². The van der Waals surface area contributed by atoms with Crippen LogP contribution in [0.4, 0.5) is 13.2 Å². The predicted molar refractivity (Wildman–Crippen MR) is 58.7 cm³/mol. The number of benzene rings is 1. The quantitative estimate of drug-likeness (QED) is 0.699. The minimum absolute atomic E-state index is 0.318. The van der Waals surface area contributed by atoms with Crippen molar-refractivity contribution in [1.82, 2.24) is 19.9 Å². The summed E-state index contributed by atoms with van der Waals surface area (Å²) in [6.45, 7) is 0. The molecule has 2 heterocycles. The fraction of sp³-hybridized carbons (Fsp3) is 0.0909. The normalized spacial score (nSPS) is 12.2. The van der Waals surface area contributed by atoms with Crippen molar-refractivity contribution in [3.63, 3.8) is 0 Å². The number of nitrogens with zero attached hydrogens (tertiary/aromatic N) is 2. The molecule has 92 valence electrons. The molecule has 2 aromatic heterocycles. The number of fused-ring (bicyclic) bond motifs is 1. The van der Waals surface area contributed by atoms with E-state index in [1.165, 1.54) is 12.5 Å². The van der Waals surface area contributed by atoms with Gasteiger partial charge in [0.2, 0.25) is 5.82 Å². The Balaban J connectivity index is 2.06. The highest BCUT2D eigenvalue weighted by molar-refractivity contribution is 5.80. The van der Waals surface area contributed by atoms with E-state index in [0.29, 0.717) is 11.3 Å². The second-order valence-corrected chi connectivity index (χ2v) is 3.78. The number of aromatic nitrogens is 4. The largest absolute Gasteiger partial charge is 0.449 e. The van der Waals surface area contributed by atoms with Gasteiger partial charge in [-0.15, -0.1) is 0 Å². The third-order valence-corrected chi connectivity index (χ3v) is 2.58. The van der Waals surface area contributed by atoms with E-state index in [4.69, 9.17) is 0 Å². The molecule has 0 saturated heterocycles. The van der Waals surface area contributed by atoms with Gasteiger partial charge in [0.1, 0.15) is 0 Å². The number of hydrogen-bond donors (Lipinski definition) is 2. The zero-order chi connectivity index (χ0) is 12.8. The van der Waals surface area contributed by atoms with Gasteiger partial charge in [-0.3, -0.25) is 0 Å². The van der Waals surface area contributed by atoms with Gasteiger partial charge in [0.05, 0.1) is 29.3 Å². The number of aromatic amines is 2. The summed E-state index contributed by atoms with van der Waals surface area (Å²) in [5, 5.41) is 0. The first-order chi connectivity index (χ1) is 8.54. The average molecular weight is 252 g/mol. The maximum Gasteiger partial charge on any atom is 0.449 e. The summed E-state index contributed by atoms with van der Waals surface area (Å²) in [5.41, 5.74) is 2.46. The van der Waals surface area contributed by atoms with E-state index >= 15 is 0 Å². The van der Waals surface area contributed by atoms with E-state index in [2.05, 4.69) is 19.9 Å². The molecule has 7 heteroatoms. The van der Waals surface area contributed by atoms with E-state index in [1.54, 1.807) is 18.2 Å². The van der Waals surface area contributed by atoms with Gasteiger partial charge < -0.3 is 9.97 Å². The van der Waals surface area contributed by atoms with Crippen LogP contribution in [0.15, 0.2) is 30.7 Å². The van der Waals surface area contributed by atoms with Gasteiger partial charge in [-0.05, 0) is 12.1 Å². The molecule has 2 N–H and O–H groups in total. The molecule has 0 spiro atoms. The summed E-state index contributed by atoms with van der Waals surface area (Å²) in [5.74, 6) is -0.998. The standard InChI is InChI=1S/C11H7F3N4/c12-11(13,14)10-15-4-9(18-10)6-1-2-7-8(3-6)17-5-16-7/h1-5H,(H,15,18)(H,16,17). The molecule has 18 heavy (non-hydrogen) atoms. The number of H-pyrrole nitrogens is 2. The van der Waals surface area contributed by atoms with Gasteiger partial charge >= 0.3 is 6.18 Å². The predicted octanol–water partition coefficient (Wildman–Crippen LogP) is 2.97. The van der Waals surface area contributed by atoms with E-state index in [1.807, 2.05) is 0 Å². The average Bonchev–Trinajstić information content (AvgIpc) is 2.96. The van der Waals surface area contributed by atoms with Gasteiger partial charge in [-0.2, -0.15) is 13.2 Å². The highest BCUT2D eigenvalue weighted by Crippen LogP contribution is 2.29. The zero-order valence-electron chi connectivity index (χ0n) is 8.92. The van der Waals surface area contributed by atoms with Crippen LogP contribution in [-0.4, -0.2) is 19.9 Å². The van der Waals surface area contributed by atoms with Crippen LogP contribution in [0.25, 0.3) is 22.3 Å².